The smallest absolute Gasteiger partial charge is 0.330 e. The van der Waals surface area contributed by atoms with Crippen molar-refractivity contribution in [1.82, 2.24) is 26.6 Å². The molecule has 0 aliphatic carbocycles. The number of carbonyl (C=O) groups excluding carboxylic acids is 7. The molecule has 4 aliphatic heterocycles. The number of ether oxygens (including phenoxy) is 6. The van der Waals surface area contributed by atoms with Crippen LogP contribution in [0.5, 0.6) is 46.0 Å². The second kappa shape index (κ2) is 32.6. The Hall–Kier alpha value is -9.20. The number of nitrogens with two attached hydrogens (primary N) is 4. The summed E-state index contributed by atoms with van der Waals surface area (Å²) in [5.74, 6) is -13.9. The van der Waals surface area contributed by atoms with E-state index in [-0.39, 0.29) is 80.1 Å². The number of benzene rings is 5. The molecule has 2 saturated heterocycles. The minimum Gasteiger partial charge on any atom is -0.508 e. The summed E-state index contributed by atoms with van der Waals surface area (Å²) in [7, 11) is 1.49. The summed E-state index contributed by atoms with van der Waals surface area (Å²) in [6.45, 7) is 5.71. The van der Waals surface area contributed by atoms with Crippen molar-refractivity contribution >= 4 is 70.5 Å². The van der Waals surface area contributed by atoms with E-state index in [0.29, 0.717) is 0 Å². The molecule has 16 atom stereocenters. The van der Waals surface area contributed by atoms with Gasteiger partial charge < -0.3 is 129 Å². The number of hydrogen-bond acceptors (Lipinski definition) is 25. The van der Waals surface area contributed by atoms with Gasteiger partial charge in [0.05, 0.1) is 60.3 Å². The Morgan fingerprint density at radius 1 is 0.812 bits per heavy atom. The molecule has 0 unspecified atom stereocenters. The maximum Gasteiger partial charge on any atom is 0.330 e. The molecule has 35 heteroatoms. The zero-order valence-electron chi connectivity index (χ0n) is 54.7. The van der Waals surface area contributed by atoms with E-state index in [1.54, 1.807) is 0 Å². The number of nitrogens with one attached hydrogen (secondary N) is 5. The molecule has 2 fully saturated rings. The number of aliphatic carboxylic acids is 1. The second-order valence-electron chi connectivity index (χ2n) is 25.2. The molecule has 546 valence electrons. The summed E-state index contributed by atoms with van der Waals surface area (Å²) in [5, 5.41) is 123. The number of carbonyl (C=O) groups is 8. The van der Waals surface area contributed by atoms with Crippen molar-refractivity contribution in [3.63, 3.8) is 0 Å². The van der Waals surface area contributed by atoms with Crippen LogP contribution in [0.4, 0.5) is 0 Å². The summed E-state index contributed by atoms with van der Waals surface area (Å²) in [6, 6.07) is 5.56. The van der Waals surface area contributed by atoms with Gasteiger partial charge in [-0.15, -0.1) is 0 Å². The van der Waals surface area contributed by atoms with E-state index in [1.807, 2.05) is 13.8 Å². The second-order valence-corrected chi connectivity index (χ2v) is 26.1. The third-order valence-corrected chi connectivity index (χ3v) is 17.5. The van der Waals surface area contributed by atoms with Gasteiger partial charge in [0.2, 0.25) is 53.4 Å². The minimum atomic E-state index is -2.10. The molecule has 0 radical (unpaired) electrons. The third kappa shape index (κ3) is 18.5. The maximum atomic E-state index is 14.6. The number of carboxylic acids is 1. The number of primary amides is 3. The Morgan fingerprint density at radius 3 is 2.14 bits per heavy atom. The van der Waals surface area contributed by atoms with Crippen LogP contribution in [0.25, 0.3) is 11.1 Å². The molecule has 0 aromatic heterocycles. The first-order valence-electron chi connectivity index (χ1n) is 31.4. The Balaban J connectivity index is 1.23. The summed E-state index contributed by atoms with van der Waals surface area (Å²) in [5.41, 5.74) is 20.7. The third-order valence-electron chi connectivity index (χ3n) is 16.9. The van der Waals surface area contributed by atoms with Crippen molar-refractivity contribution in [2.24, 2.45) is 28.9 Å². The lowest BCUT2D eigenvalue weighted by atomic mass is 9.86. The molecule has 4 aliphatic rings. The van der Waals surface area contributed by atoms with Crippen molar-refractivity contribution < 1.29 is 118 Å². The van der Waals surface area contributed by atoms with Gasteiger partial charge in [-0.25, -0.2) is 4.79 Å². The number of likely N-dealkylation sites (N-methyl/N-ethyl adjacent to an activating group) is 1. The highest BCUT2D eigenvalue weighted by Crippen LogP contribution is 2.49. The number of halogens is 2. The van der Waals surface area contributed by atoms with E-state index in [2.05, 4.69) is 26.6 Å². The molecule has 4 bridgehead atoms. The standard InChI is InChI=1S/C66H79Cl2N9O24/c1-25(2)12-36(73-5)61(91)77-53-54(86)29-8-11-42(35(68)16-29)98-44-18-30(51(60(71)90)76-62(92)37(21-47(70)84)74-63(53)93)17-43(57(44)101-65-58(56(88)55(87)45(24-78)99-65)100-49-23-66(4,72)59(89)26(3)96-49)97-41-10-7-28(15-34(41)67)39(81)22-48(85)75-52(64(94)95)33-19-31(79)20-40(82)50(33)32-13-27(14-46(69)83)6-9-38(32)80/h6-11,13,15-20,25-26,36-37,39,45,49,51-56,58-59,65,73,78-82,86-89H,12,14,21-24,72H2,1-5H3,(H2,69,83)(H2,70,84)(H2,71,90)(H,74,93)(H,75,85)(H,76,92)(H,77,91)(H,94,95)/t26-,36+,37-,39-,45+,49-,51+,52-,53+,54+,55+,56-,58+,59+,65-,66-/m0/s1. The molecule has 5 aromatic rings. The molecule has 7 amide bonds. The largest absolute Gasteiger partial charge is 0.508 e. The van der Waals surface area contributed by atoms with Crippen LogP contribution in [-0.2, 0) is 59.0 Å². The Kier molecular flexibility index (Phi) is 25.0. The average Bonchev–Trinajstić information content (AvgIpc) is 0.778. The van der Waals surface area contributed by atoms with Crippen molar-refractivity contribution in [3.8, 4) is 57.1 Å². The number of phenols is 3. The molecule has 33 nitrogen and oxygen atoms in total. The van der Waals surface area contributed by atoms with Crippen molar-refractivity contribution in [1.29, 1.82) is 0 Å². The number of phenolic OH excluding ortho intramolecular Hbond substituents is 3. The normalized spacial score (nSPS) is 25.5. The molecule has 0 saturated carbocycles. The predicted octanol–water partition coefficient (Wildman–Crippen LogP) is 0.340. The Morgan fingerprint density at radius 2 is 1.52 bits per heavy atom. The van der Waals surface area contributed by atoms with Crippen LogP contribution in [-0.4, -0.2) is 185 Å². The van der Waals surface area contributed by atoms with Gasteiger partial charge in [-0.2, -0.15) is 0 Å². The highest BCUT2D eigenvalue weighted by atomic mass is 35.5. The molecule has 23 N–H and O–H groups in total. The topological polar surface area (TPSA) is 558 Å². The molecular formula is C66H79Cl2N9O24. The first-order chi connectivity index (χ1) is 47.5. The van der Waals surface area contributed by atoms with E-state index in [0.717, 1.165) is 48.5 Å². The summed E-state index contributed by atoms with van der Waals surface area (Å²) < 4.78 is 37.8. The highest BCUT2D eigenvalue weighted by Gasteiger charge is 2.51. The lowest BCUT2D eigenvalue weighted by Crippen LogP contribution is -2.64. The van der Waals surface area contributed by atoms with E-state index in [4.69, 9.17) is 74.6 Å². The van der Waals surface area contributed by atoms with Crippen LogP contribution in [0.1, 0.15) is 105 Å². The zero-order valence-corrected chi connectivity index (χ0v) is 56.3. The van der Waals surface area contributed by atoms with Gasteiger partial charge in [0.25, 0.3) is 0 Å². The SMILES string of the molecule is CN[C@H](CC(C)C)C(=O)N[C@H]1C(=O)N[C@@H](CC(N)=O)C(=O)N[C@@H](C(N)=O)c2cc(c(O[C@@H]3O[C@H](CO)[C@@H](O)[C@H](O)[C@H]3O[C@H]3C[C@](C)(N)[C@H](O)[C@H](C)O3)c(Oc3ccc([C@@H](O)CC(=O)N[C@H](C(=O)O)c4cc(O)cc(O)c4-c4cc(CC(N)=O)ccc4O)cc3Cl)c2)Oc2ccc(cc2Cl)[C@H]1O. The highest BCUT2D eigenvalue weighted by molar-refractivity contribution is 6.32. The number of amides is 7. The van der Waals surface area contributed by atoms with Gasteiger partial charge >= 0.3 is 5.97 Å². The van der Waals surface area contributed by atoms with E-state index < -0.39 is 204 Å². The summed E-state index contributed by atoms with van der Waals surface area (Å²) in [6.07, 6.45) is -19.0. The monoisotopic (exact) mass is 1450 g/mol. The van der Waals surface area contributed by atoms with Crippen LogP contribution < -0.4 is 63.7 Å². The zero-order chi connectivity index (χ0) is 74.4. The van der Waals surface area contributed by atoms with Gasteiger partial charge in [-0.1, -0.05) is 55.2 Å². The number of carboxylic acid groups (broad SMARTS) is 1. The molecule has 9 rings (SSSR count). The lowest BCUT2D eigenvalue weighted by Gasteiger charge is -2.47. The van der Waals surface area contributed by atoms with E-state index in [9.17, 15) is 89.4 Å². The molecule has 4 heterocycles. The quantitative estimate of drug-likeness (QED) is 0.0396. The molecule has 5 aromatic carbocycles. The predicted molar refractivity (Wildman–Crippen MR) is 353 cm³/mol. The number of aliphatic hydroxyl groups is 6. The Bertz CT molecular complexity index is 3960. The number of aliphatic hydroxyl groups excluding tert-OH is 6. The fourth-order valence-electron chi connectivity index (χ4n) is 11.7. The first kappa shape index (κ1) is 77.5. The fraction of sp³-hybridized carbons (Fsp3) is 0.424. The molecule has 0 spiro atoms. The van der Waals surface area contributed by atoms with Gasteiger partial charge in [0.15, 0.2) is 29.9 Å². The number of hydrogen-bond donors (Lipinski definition) is 19. The molecular weight excluding hydrogens is 1370 g/mol. The van der Waals surface area contributed by atoms with Crippen LogP contribution in [0.2, 0.25) is 10.0 Å². The lowest BCUT2D eigenvalue weighted by molar-refractivity contribution is -0.333. The molecule has 101 heavy (non-hydrogen) atoms. The van der Waals surface area contributed by atoms with Crippen molar-refractivity contribution in [2.45, 2.75) is 157 Å². The average molecular weight is 1450 g/mol. The van der Waals surface area contributed by atoms with Gasteiger partial charge in [-0.3, -0.25) is 33.6 Å². The van der Waals surface area contributed by atoms with E-state index >= 15 is 0 Å². The van der Waals surface area contributed by atoms with Crippen LogP contribution in [0.3, 0.4) is 0 Å². The fourth-order valence-corrected chi connectivity index (χ4v) is 12.2. The van der Waals surface area contributed by atoms with Gasteiger partial charge in [0, 0.05) is 34.7 Å². The van der Waals surface area contributed by atoms with Crippen molar-refractivity contribution in [3.05, 3.63) is 117 Å². The first-order valence-corrected chi connectivity index (χ1v) is 32.1. The minimum absolute atomic E-state index is 0.0516. The van der Waals surface area contributed by atoms with Crippen LogP contribution >= 0.6 is 23.2 Å². The van der Waals surface area contributed by atoms with E-state index in [1.165, 1.54) is 51.2 Å². The Labute approximate surface area is 585 Å². The number of aromatic hydroxyl groups is 3. The number of fused-ring (bicyclic) bond motifs is 9. The van der Waals surface area contributed by atoms with Gasteiger partial charge in [0.1, 0.15) is 71.3 Å². The van der Waals surface area contributed by atoms with Crippen LogP contribution in [0, 0.1) is 5.92 Å². The summed E-state index contributed by atoms with van der Waals surface area (Å²) in [4.78, 5) is 108. The van der Waals surface area contributed by atoms with Gasteiger partial charge in [-0.05, 0) is 110 Å². The summed E-state index contributed by atoms with van der Waals surface area (Å²) >= 11 is 13.9. The number of rotatable bonds is 24. The van der Waals surface area contributed by atoms with Crippen molar-refractivity contribution in [2.75, 3.05) is 13.7 Å². The maximum absolute atomic E-state index is 14.6. The van der Waals surface area contributed by atoms with Crippen LogP contribution in [0.15, 0.2) is 78.9 Å².